The van der Waals surface area contributed by atoms with E-state index < -0.39 is 12.6 Å². The van der Waals surface area contributed by atoms with E-state index in [9.17, 15) is 19.2 Å². The van der Waals surface area contributed by atoms with Crippen molar-refractivity contribution in [2.24, 2.45) is 0 Å². The summed E-state index contributed by atoms with van der Waals surface area (Å²) >= 11 is 0. The first-order valence-electron chi connectivity index (χ1n) is 14.1. The van der Waals surface area contributed by atoms with Gasteiger partial charge >= 0.3 is 12.1 Å². The number of carbonyl (C=O) groups is 4. The van der Waals surface area contributed by atoms with Crippen LogP contribution in [0.15, 0.2) is 42.5 Å². The zero-order valence-electron chi connectivity index (χ0n) is 23.5. The minimum Gasteiger partial charge on any atom is -0.496 e. The van der Waals surface area contributed by atoms with Gasteiger partial charge in [0.25, 0.3) is 5.91 Å². The number of piperidine rings is 2. The first kappa shape index (κ1) is 29.2. The minimum absolute atomic E-state index is 0.0559. The van der Waals surface area contributed by atoms with Crippen LogP contribution in [-0.4, -0.2) is 97.4 Å². The number of aliphatic carboxylic acids is 1. The van der Waals surface area contributed by atoms with E-state index in [1.54, 1.807) is 32.9 Å². The van der Waals surface area contributed by atoms with Crippen LogP contribution in [0.2, 0.25) is 0 Å². The second-order valence-electron chi connectivity index (χ2n) is 10.5. The molecule has 2 fully saturated rings. The Bertz CT molecular complexity index is 1320. The molecule has 0 spiro atoms. The van der Waals surface area contributed by atoms with Crippen molar-refractivity contribution in [3.8, 4) is 11.5 Å². The summed E-state index contributed by atoms with van der Waals surface area (Å²) in [6, 6.07) is 12.8. The molecule has 2 aromatic carbocycles. The molecular weight excluding hydrogens is 546 g/mol. The van der Waals surface area contributed by atoms with Gasteiger partial charge in [-0.05, 0) is 31.0 Å². The minimum atomic E-state index is -1.12. The van der Waals surface area contributed by atoms with Gasteiger partial charge in [0.15, 0.2) is 0 Å². The fraction of sp³-hybridized carbons (Fsp3) is 0.467. The van der Waals surface area contributed by atoms with Crippen molar-refractivity contribution >= 4 is 29.6 Å². The molecule has 0 unspecified atom stereocenters. The van der Waals surface area contributed by atoms with Crippen LogP contribution >= 0.6 is 0 Å². The smallest absolute Gasteiger partial charge is 0.414 e. The highest BCUT2D eigenvalue weighted by Crippen LogP contribution is 2.33. The summed E-state index contributed by atoms with van der Waals surface area (Å²) in [5.41, 5.74) is 2.29. The van der Waals surface area contributed by atoms with Gasteiger partial charge in [-0.2, -0.15) is 0 Å². The second kappa shape index (κ2) is 13.1. The number of amides is 3. The van der Waals surface area contributed by atoms with E-state index in [2.05, 4.69) is 0 Å². The number of nitrogens with zero attached hydrogens (tertiary/aromatic N) is 3. The number of hydrogen-bond acceptors (Lipinski definition) is 8. The number of anilines is 1. The Labute approximate surface area is 243 Å². The topological polar surface area (TPSA) is 135 Å². The number of hydrogen-bond donors (Lipinski definition) is 1. The summed E-state index contributed by atoms with van der Waals surface area (Å²) in [7, 11) is 1.51. The lowest BCUT2D eigenvalue weighted by atomic mass is 10.00. The number of carboxylic acids is 1. The standard InChI is InChI=1S/C30H35N3O9/c1-39-26-16-23(42-22-10-14-31(15-11-22)27(34)18-40-19-28(35)36)6-7-24(26)29(37)32-12-8-21(9-13-32)33-25-5-3-2-4-20(25)17-41-30(33)38/h2-7,16,21-22H,8-15,17-19H2,1H3,(H,35,36). The monoisotopic (exact) mass is 581 g/mol. The third-order valence-electron chi connectivity index (χ3n) is 7.87. The number of likely N-dealkylation sites (tertiary alicyclic amines) is 2. The molecule has 0 atom stereocenters. The summed E-state index contributed by atoms with van der Waals surface area (Å²) in [5, 5.41) is 8.64. The maximum Gasteiger partial charge on any atom is 0.414 e. The van der Waals surface area contributed by atoms with Crippen LogP contribution in [-0.2, 0) is 25.7 Å². The number of rotatable bonds is 9. The molecular formula is C30H35N3O9. The van der Waals surface area contributed by atoms with E-state index >= 15 is 0 Å². The van der Waals surface area contributed by atoms with Crippen molar-refractivity contribution in [2.75, 3.05) is 51.4 Å². The van der Waals surface area contributed by atoms with Crippen LogP contribution in [0.3, 0.4) is 0 Å². The number of methoxy groups -OCH3 is 1. The average Bonchev–Trinajstić information content (AvgIpc) is 3.01. The Hall–Kier alpha value is -4.32. The maximum absolute atomic E-state index is 13.5. The molecule has 3 heterocycles. The molecule has 3 aliphatic rings. The number of cyclic esters (lactones) is 1. The highest BCUT2D eigenvalue weighted by Gasteiger charge is 2.35. The molecule has 0 bridgehead atoms. The SMILES string of the molecule is COc1cc(OC2CCN(C(=O)COCC(=O)O)CC2)ccc1C(=O)N1CCC(N2C(=O)OCc3ccccc32)CC1. The Morgan fingerprint density at radius 1 is 0.952 bits per heavy atom. The van der Waals surface area contributed by atoms with Crippen molar-refractivity contribution in [1.82, 2.24) is 9.80 Å². The molecule has 224 valence electrons. The van der Waals surface area contributed by atoms with Crippen LogP contribution in [0.5, 0.6) is 11.5 Å². The van der Waals surface area contributed by atoms with Crippen LogP contribution in [0.1, 0.15) is 41.6 Å². The average molecular weight is 582 g/mol. The zero-order chi connectivity index (χ0) is 29.6. The molecule has 5 rings (SSSR count). The fourth-order valence-electron chi connectivity index (χ4n) is 5.67. The van der Waals surface area contributed by atoms with Gasteiger partial charge in [-0.15, -0.1) is 0 Å². The maximum atomic E-state index is 13.5. The van der Waals surface area contributed by atoms with Crippen molar-refractivity contribution in [1.29, 1.82) is 0 Å². The predicted molar refractivity (Wildman–Crippen MR) is 150 cm³/mol. The molecule has 2 aromatic rings. The van der Waals surface area contributed by atoms with Gasteiger partial charge in [0.05, 0.1) is 18.4 Å². The van der Waals surface area contributed by atoms with Crippen molar-refractivity contribution in [3.05, 3.63) is 53.6 Å². The van der Waals surface area contributed by atoms with E-state index in [0.29, 0.717) is 68.9 Å². The van der Waals surface area contributed by atoms with Gasteiger partial charge in [-0.3, -0.25) is 14.5 Å². The highest BCUT2D eigenvalue weighted by atomic mass is 16.6. The number of carbonyl (C=O) groups excluding carboxylic acids is 3. The Morgan fingerprint density at radius 2 is 1.67 bits per heavy atom. The summed E-state index contributed by atoms with van der Waals surface area (Å²) in [6.45, 7) is 1.45. The van der Waals surface area contributed by atoms with E-state index in [1.165, 1.54) is 7.11 Å². The van der Waals surface area contributed by atoms with E-state index in [-0.39, 0.29) is 43.3 Å². The molecule has 42 heavy (non-hydrogen) atoms. The number of para-hydroxylation sites is 1. The lowest BCUT2D eigenvalue weighted by Crippen LogP contribution is -2.50. The Balaban J connectivity index is 1.14. The van der Waals surface area contributed by atoms with Crippen molar-refractivity contribution in [2.45, 2.75) is 44.4 Å². The molecule has 0 aromatic heterocycles. The van der Waals surface area contributed by atoms with Gasteiger partial charge in [0, 0.05) is 56.7 Å². The first-order valence-corrected chi connectivity index (χ1v) is 14.1. The van der Waals surface area contributed by atoms with Crippen LogP contribution < -0.4 is 14.4 Å². The number of carboxylic acid groups (broad SMARTS) is 1. The molecule has 3 aliphatic heterocycles. The van der Waals surface area contributed by atoms with Gasteiger partial charge in [0.2, 0.25) is 5.91 Å². The fourth-order valence-corrected chi connectivity index (χ4v) is 5.67. The molecule has 1 N–H and O–H groups in total. The summed E-state index contributed by atoms with van der Waals surface area (Å²) in [6.07, 6.45) is 2.01. The highest BCUT2D eigenvalue weighted by molar-refractivity contribution is 5.97. The molecule has 3 amide bonds. The number of benzene rings is 2. The first-order chi connectivity index (χ1) is 20.3. The molecule has 2 saturated heterocycles. The molecule has 12 nitrogen and oxygen atoms in total. The molecule has 12 heteroatoms. The van der Waals surface area contributed by atoms with Crippen molar-refractivity contribution < 1.29 is 43.2 Å². The van der Waals surface area contributed by atoms with E-state index in [1.807, 2.05) is 24.3 Å². The third-order valence-corrected chi connectivity index (χ3v) is 7.87. The van der Waals surface area contributed by atoms with Crippen LogP contribution in [0.25, 0.3) is 0 Å². The third kappa shape index (κ3) is 6.59. The predicted octanol–water partition coefficient (Wildman–Crippen LogP) is 2.93. The van der Waals surface area contributed by atoms with Crippen LogP contribution in [0.4, 0.5) is 10.5 Å². The van der Waals surface area contributed by atoms with E-state index in [0.717, 1.165) is 11.3 Å². The van der Waals surface area contributed by atoms with Gasteiger partial charge in [0.1, 0.15) is 37.4 Å². The van der Waals surface area contributed by atoms with Crippen LogP contribution in [0, 0.1) is 0 Å². The molecule has 0 radical (unpaired) electrons. The summed E-state index contributed by atoms with van der Waals surface area (Å²) < 4.78 is 22.0. The quantitative estimate of drug-likeness (QED) is 0.474. The Morgan fingerprint density at radius 3 is 2.38 bits per heavy atom. The number of ether oxygens (including phenoxy) is 4. The van der Waals surface area contributed by atoms with Gasteiger partial charge in [-0.1, -0.05) is 18.2 Å². The number of fused-ring (bicyclic) bond motifs is 1. The van der Waals surface area contributed by atoms with Crippen molar-refractivity contribution in [3.63, 3.8) is 0 Å². The van der Waals surface area contributed by atoms with Gasteiger partial charge < -0.3 is 33.9 Å². The lowest BCUT2D eigenvalue weighted by molar-refractivity contribution is -0.146. The normalized spacial score (nSPS) is 17.8. The second-order valence-corrected chi connectivity index (χ2v) is 10.5. The van der Waals surface area contributed by atoms with Gasteiger partial charge in [-0.25, -0.2) is 9.59 Å². The molecule has 0 aliphatic carbocycles. The molecule has 0 saturated carbocycles. The van der Waals surface area contributed by atoms with E-state index in [4.69, 9.17) is 24.1 Å². The Kier molecular flexibility index (Phi) is 9.11. The summed E-state index contributed by atoms with van der Waals surface area (Å²) in [5.74, 6) is -0.523. The zero-order valence-corrected chi connectivity index (χ0v) is 23.5. The lowest BCUT2D eigenvalue weighted by Gasteiger charge is -2.40. The largest absolute Gasteiger partial charge is 0.496 e. The summed E-state index contributed by atoms with van der Waals surface area (Å²) in [4.78, 5) is 54.0.